The van der Waals surface area contributed by atoms with E-state index < -0.39 is 8.32 Å². The van der Waals surface area contributed by atoms with Crippen molar-refractivity contribution in [2.24, 2.45) is 0 Å². The van der Waals surface area contributed by atoms with Gasteiger partial charge in [-0.05, 0) is 80.3 Å². The molecule has 1 N–H and O–H groups in total. The Morgan fingerprint density at radius 1 is 1.04 bits per heavy atom. The maximum Gasteiger partial charge on any atom is 0.301 e. The van der Waals surface area contributed by atoms with Crippen LogP contribution in [0.1, 0.15) is 82.0 Å². The molecule has 13 heteroatoms. The number of halogens is 1. The van der Waals surface area contributed by atoms with Crippen LogP contribution in [0.25, 0.3) is 11.2 Å². The molecule has 0 saturated carbocycles. The van der Waals surface area contributed by atoms with Crippen molar-refractivity contribution < 1.29 is 28.1 Å². The average Bonchev–Trinajstić information content (AvgIpc) is 3.82. The first kappa shape index (κ1) is 34.1. The summed E-state index contributed by atoms with van der Waals surface area (Å²) in [5.74, 6) is 0.602. The molecular weight excluding hydrogens is 650 g/mol. The number of hydrogen-bond donors (Lipinski definition) is 1. The normalized spacial score (nSPS) is 27.4. The first-order valence-electron chi connectivity index (χ1n) is 17.5. The Balaban J connectivity index is 1.12. The molecule has 7 rings (SSSR count). The molecule has 0 amide bonds. The van der Waals surface area contributed by atoms with Crippen molar-refractivity contribution >= 4 is 36.9 Å². The van der Waals surface area contributed by atoms with E-state index in [4.69, 9.17) is 54.7 Å². The summed E-state index contributed by atoms with van der Waals surface area (Å²) < 4.78 is 39.5. The first-order chi connectivity index (χ1) is 23.0. The molecule has 3 aromatic rings. The number of methoxy groups -OCH3 is 1. The van der Waals surface area contributed by atoms with Crippen molar-refractivity contribution in [2.45, 2.75) is 121 Å². The second-order valence-electron chi connectivity index (χ2n) is 15.1. The summed E-state index contributed by atoms with van der Waals surface area (Å²) in [5, 5.41) is 4.20. The van der Waals surface area contributed by atoms with Crippen LogP contribution in [0.4, 0.5) is 5.82 Å². The Bertz CT molecular complexity index is 1610. The van der Waals surface area contributed by atoms with Gasteiger partial charge in [-0.1, -0.05) is 38.4 Å². The largest absolute Gasteiger partial charge is 0.456 e. The van der Waals surface area contributed by atoms with Gasteiger partial charge < -0.3 is 33.4 Å². The molecule has 262 valence electrons. The second kappa shape index (κ2) is 13.8. The number of nitrogens with zero attached hydrogens (tertiary/aromatic N) is 4. The summed E-state index contributed by atoms with van der Waals surface area (Å²) in [6.45, 7) is 13.6. The van der Waals surface area contributed by atoms with Gasteiger partial charge in [0, 0.05) is 26.5 Å². The molecular formula is C35H50ClN5O6Si. The smallest absolute Gasteiger partial charge is 0.301 e. The molecule has 6 atom stereocenters. The molecule has 0 aromatic carbocycles. The van der Waals surface area contributed by atoms with Gasteiger partial charge in [0.05, 0.1) is 36.1 Å². The van der Waals surface area contributed by atoms with Crippen molar-refractivity contribution in [3.05, 3.63) is 40.2 Å². The van der Waals surface area contributed by atoms with Gasteiger partial charge in [-0.3, -0.25) is 9.55 Å². The molecule has 0 radical (unpaired) electrons. The highest BCUT2D eigenvalue weighted by molar-refractivity contribution is 6.74. The lowest BCUT2D eigenvalue weighted by Gasteiger charge is -2.39. The van der Waals surface area contributed by atoms with Crippen LogP contribution in [0, 0.1) is 0 Å². The van der Waals surface area contributed by atoms with E-state index in [1.54, 1.807) is 7.11 Å². The van der Waals surface area contributed by atoms with E-state index in [2.05, 4.69) is 45.2 Å². The Morgan fingerprint density at radius 3 is 2.58 bits per heavy atom. The Labute approximate surface area is 289 Å². The fourth-order valence-corrected chi connectivity index (χ4v) is 8.57. The van der Waals surface area contributed by atoms with E-state index in [-0.39, 0.29) is 41.7 Å². The quantitative estimate of drug-likeness (QED) is 0.170. The van der Waals surface area contributed by atoms with Gasteiger partial charge in [0.15, 0.2) is 20.1 Å². The molecule has 1 aliphatic carbocycles. The van der Waals surface area contributed by atoms with E-state index in [1.807, 2.05) is 16.8 Å². The molecule has 3 fully saturated rings. The molecule has 0 bridgehead atoms. The number of anilines is 1. The van der Waals surface area contributed by atoms with Crippen molar-refractivity contribution in [1.29, 1.82) is 0 Å². The summed E-state index contributed by atoms with van der Waals surface area (Å²) in [6, 6.07) is 4.61. The third kappa shape index (κ3) is 6.74. The van der Waals surface area contributed by atoms with Gasteiger partial charge in [-0.15, -0.1) is 0 Å². The van der Waals surface area contributed by atoms with E-state index in [9.17, 15) is 0 Å². The lowest BCUT2D eigenvalue weighted by atomic mass is 10.1. The fourth-order valence-electron chi connectivity index (χ4n) is 7.05. The summed E-state index contributed by atoms with van der Waals surface area (Å²) >= 11 is 6.87. The van der Waals surface area contributed by atoms with Gasteiger partial charge >= 0.3 is 6.01 Å². The van der Waals surface area contributed by atoms with Crippen LogP contribution >= 0.6 is 11.6 Å². The van der Waals surface area contributed by atoms with Gasteiger partial charge in [-0.25, -0.2) is 4.98 Å². The number of rotatable bonds is 11. The van der Waals surface area contributed by atoms with Gasteiger partial charge in [0.1, 0.15) is 29.8 Å². The average molecular weight is 700 g/mol. The number of hydrogen-bond acceptors (Lipinski definition) is 10. The van der Waals surface area contributed by atoms with Crippen LogP contribution in [0.5, 0.6) is 6.01 Å². The molecule has 11 nitrogen and oxygen atoms in total. The van der Waals surface area contributed by atoms with E-state index >= 15 is 0 Å². The number of fused-ring (bicyclic) bond motifs is 3. The van der Waals surface area contributed by atoms with Crippen LogP contribution in [-0.4, -0.2) is 85.8 Å². The number of imidazole rings is 1. The van der Waals surface area contributed by atoms with E-state index in [0.717, 1.165) is 57.2 Å². The Kier molecular flexibility index (Phi) is 9.79. The van der Waals surface area contributed by atoms with Gasteiger partial charge in [0.2, 0.25) is 0 Å². The zero-order valence-electron chi connectivity index (χ0n) is 29.1. The second-order valence-corrected chi connectivity index (χ2v) is 20.3. The van der Waals surface area contributed by atoms with Crippen LogP contribution in [0.15, 0.2) is 18.3 Å². The van der Waals surface area contributed by atoms with Crippen LogP contribution in [0.2, 0.25) is 23.2 Å². The van der Waals surface area contributed by atoms with Gasteiger partial charge in [0.25, 0.3) is 0 Å². The third-order valence-electron chi connectivity index (χ3n) is 10.7. The molecule has 6 heterocycles. The van der Waals surface area contributed by atoms with Crippen molar-refractivity contribution in [3.8, 4) is 6.01 Å². The summed E-state index contributed by atoms with van der Waals surface area (Å²) in [7, 11) is -0.264. The maximum absolute atomic E-state index is 6.87. The molecule has 0 spiro atoms. The zero-order valence-corrected chi connectivity index (χ0v) is 30.8. The number of ether oxygens (including phenoxy) is 5. The number of pyridine rings is 2. The number of nitrogens with one attached hydrogen (secondary N) is 1. The molecule has 2 unspecified atom stereocenters. The summed E-state index contributed by atoms with van der Waals surface area (Å²) in [4.78, 5) is 14.8. The van der Waals surface area contributed by atoms with Crippen LogP contribution < -0.4 is 10.1 Å². The lowest BCUT2D eigenvalue weighted by Crippen LogP contribution is -2.47. The van der Waals surface area contributed by atoms with Gasteiger partial charge in [-0.2, -0.15) is 4.98 Å². The molecule has 4 aliphatic rings. The summed E-state index contributed by atoms with van der Waals surface area (Å²) in [5.41, 5.74) is 4.90. The summed E-state index contributed by atoms with van der Waals surface area (Å²) in [6.07, 6.45) is 7.59. The van der Waals surface area contributed by atoms with Crippen molar-refractivity contribution in [3.63, 3.8) is 0 Å². The topological polar surface area (TPSA) is 111 Å². The van der Waals surface area contributed by atoms with Crippen LogP contribution in [-0.2, 0) is 36.2 Å². The minimum absolute atomic E-state index is 0.0158. The predicted molar refractivity (Wildman–Crippen MR) is 186 cm³/mol. The molecule has 3 saturated heterocycles. The first-order valence-corrected chi connectivity index (χ1v) is 20.8. The third-order valence-corrected chi connectivity index (χ3v) is 15.5. The molecule has 3 aromatic heterocycles. The zero-order chi connectivity index (χ0) is 33.6. The molecule has 3 aliphatic heterocycles. The van der Waals surface area contributed by atoms with Crippen LogP contribution in [0.3, 0.4) is 0 Å². The SMILES string of the molecule is COCCCc1cnc2c(c1)CCC2Nc1nc2c(cc1Cl)nc(O[C@@H]1CO[C@H]3[C@@H]1OC[C@H]3O[Si](C)(C)C(C)(C)C)n2C1CCCCO1. The predicted octanol–water partition coefficient (Wildman–Crippen LogP) is 6.79. The van der Waals surface area contributed by atoms with E-state index in [1.165, 1.54) is 11.1 Å². The number of aromatic nitrogens is 4. The standard InChI is InChI=1S/C35H50ClN5O6Si/c1-35(2,3)48(5,6)47-27-20-45-30-26(19-44-31(27)30)46-34-39-25-17-23(36)32(40-33(25)41(34)28-11-7-8-15-43-28)38-24-13-12-22-16-21(10-9-14-42-4)18-37-29(22)24/h16-18,24,26-28,30-31H,7-15,19-20H2,1-6H3,(H,38,40)/t24?,26-,27-,28?,30-,31-/m1/s1. The Hall–Kier alpha value is -2.32. The highest BCUT2D eigenvalue weighted by Crippen LogP contribution is 2.42. The van der Waals surface area contributed by atoms with E-state index in [0.29, 0.717) is 47.8 Å². The lowest BCUT2D eigenvalue weighted by molar-refractivity contribution is -0.0406. The molecule has 48 heavy (non-hydrogen) atoms. The minimum Gasteiger partial charge on any atom is -0.456 e. The fraction of sp³-hybridized carbons (Fsp3) is 0.686. The highest BCUT2D eigenvalue weighted by Gasteiger charge is 2.52. The maximum atomic E-state index is 6.87. The monoisotopic (exact) mass is 699 g/mol. The highest BCUT2D eigenvalue weighted by atomic mass is 35.5. The minimum atomic E-state index is -2.00. The van der Waals surface area contributed by atoms with Crippen molar-refractivity contribution in [1.82, 2.24) is 19.5 Å². The Morgan fingerprint density at radius 2 is 1.83 bits per heavy atom. The van der Waals surface area contributed by atoms with Crippen molar-refractivity contribution in [2.75, 3.05) is 38.9 Å². The number of aryl methyl sites for hydroxylation is 2.